The first kappa shape index (κ1) is 41.9. The number of nitrogens with two attached hydrogens (primary N) is 4. The number of unbranched alkanes of at least 4 members (excludes halogenated alkanes) is 1. The van der Waals surface area contributed by atoms with Crippen molar-refractivity contribution >= 4 is 47.3 Å². The largest absolute Gasteiger partial charge is 0.508 e. The van der Waals surface area contributed by atoms with Gasteiger partial charge in [0.05, 0.1) is 6.04 Å². The van der Waals surface area contributed by atoms with Crippen LogP contribution in [0.1, 0.15) is 57.9 Å². The van der Waals surface area contributed by atoms with Crippen LogP contribution in [-0.2, 0) is 30.4 Å². The molecule has 0 heterocycles. The Hall–Kier alpha value is -4.09. The molecule has 14 N–H and O–H groups in total. The lowest BCUT2D eigenvalue weighted by Crippen LogP contribution is -2.59. The molecule has 1 aromatic carbocycles. The number of rotatable bonds is 23. The van der Waals surface area contributed by atoms with Gasteiger partial charge in [0.25, 0.3) is 0 Å². The SMILES string of the molecule is CSCC[C@H](NC(=O)[C@@H](NC(=O)[C@@H](N)CCCN=C(N)N)C(C)C)C(=O)N[C@@H](CCCCN)C(=O)N[C@@H](Cc1ccc(O)cc1)C(=O)O. The van der Waals surface area contributed by atoms with Gasteiger partial charge in [-0.05, 0) is 80.7 Å². The number of carbonyl (C=O) groups is 5. The fourth-order valence-corrected chi connectivity index (χ4v) is 5.06. The Labute approximate surface area is 286 Å². The number of benzene rings is 1. The molecule has 0 aliphatic heterocycles. The van der Waals surface area contributed by atoms with Crippen LogP contribution < -0.4 is 44.2 Å². The summed E-state index contributed by atoms with van der Waals surface area (Å²) in [7, 11) is 0. The van der Waals surface area contributed by atoms with Crippen molar-refractivity contribution in [2.24, 2.45) is 33.8 Å². The predicted molar refractivity (Wildman–Crippen MR) is 186 cm³/mol. The summed E-state index contributed by atoms with van der Waals surface area (Å²) in [5.74, 6) is -3.68. The zero-order valence-electron chi connectivity index (χ0n) is 27.9. The highest BCUT2D eigenvalue weighted by molar-refractivity contribution is 7.98. The fourth-order valence-electron chi connectivity index (χ4n) is 4.59. The number of phenols is 1. The summed E-state index contributed by atoms with van der Waals surface area (Å²) in [6.07, 6.45) is 3.94. The number of carbonyl (C=O) groups excluding carboxylic acids is 4. The lowest BCUT2D eigenvalue weighted by molar-refractivity contribution is -0.142. The van der Waals surface area contributed by atoms with E-state index in [4.69, 9.17) is 22.9 Å². The number of phenolic OH excluding ortho intramolecular Hbond substituents is 1. The van der Waals surface area contributed by atoms with E-state index in [1.165, 1.54) is 23.9 Å². The van der Waals surface area contributed by atoms with Gasteiger partial charge in [-0.15, -0.1) is 0 Å². The van der Waals surface area contributed by atoms with Crippen LogP contribution in [0.3, 0.4) is 0 Å². The molecule has 0 spiro atoms. The number of aliphatic carboxylic acids is 1. The zero-order valence-corrected chi connectivity index (χ0v) is 28.8. The van der Waals surface area contributed by atoms with Gasteiger partial charge in [0.2, 0.25) is 23.6 Å². The molecule has 17 heteroatoms. The van der Waals surface area contributed by atoms with Gasteiger partial charge in [0.15, 0.2) is 5.96 Å². The Balaban J connectivity index is 3.07. The van der Waals surface area contributed by atoms with Gasteiger partial charge in [0, 0.05) is 13.0 Å². The summed E-state index contributed by atoms with van der Waals surface area (Å²) in [5, 5.41) is 29.9. The number of guanidine groups is 1. The molecule has 0 aliphatic carbocycles. The molecular formula is C31H53N9O7S. The minimum Gasteiger partial charge on any atom is -0.508 e. The van der Waals surface area contributed by atoms with Crippen LogP contribution in [0, 0.1) is 5.92 Å². The second kappa shape index (κ2) is 22.5. The molecular weight excluding hydrogens is 642 g/mol. The topological polar surface area (TPSA) is 290 Å². The number of carboxylic acid groups (broad SMARTS) is 1. The van der Waals surface area contributed by atoms with Gasteiger partial charge >= 0.3 is 5.97 Å². The van der Waals surface area contributed by atoms with E-state index in [0.717, 1.165) is 0 Å². The van der Waals surface area contributed by atoms with E-state index in [1.54, 1.807) is 26.0 Å². The number of nitrogens with zero attached hydrogens (tertiary/aromatic N) is 1. The average molecular weight is 696 g/mol. The first-order chi connectivity index (χ1) is 22.7. The number of hydrogen-bond donors (Lipinski definition) is 10. The summed E-state index contributed by atoms with van der Waals surface area (Å²) < 4.78 is 0. The van der Waals surface area contributed by atoms with Crippen LogP contribution in [0.5, 0.6) is 5.75 Å². The predicted octanol–water partition coefficient (Wildman–Crippen LogP) is -1.12. The van der Waals surface area contributed by atoms with Crippen LogP contribution in [0.15, 0.2) is 29.3 Å². The number of nitrogens with one attached hydrogen (secondary N) is 4. The van der Waals surface area contributed by atoms with Gasteiger partial charge in [-0.2, -0.15) is 11.8 Å². The zero-order chi connectivity index (χ0) is 36.2. The Morgan fingerprint density at radius 1 is 0.812 bits per heavy atom. The van der Waals surface area contributed by atoms with Crippen molar-refractivity contribution in [3.05, 3.63) is 29.8 Å². The van der Waals surface area contributed by atoms with E-state index in [-0.39, 0.29) is 43.3 Å². The van der Waals surface area contributed by atoms with Crippen molar-refractivity contribution in [2.75, 3.05) is 25.1 Å². The number of aromatic hydroxyl groups is 1. The highest BCUT2D eigenvalue weighted by atomic mass is 32.2. The fraction of sp³-hybridized carbons (Fsp3) is 0.613. The highest BCUT2D eigenvalue weighted by Crippen LogP contribution is 2.13. The number of thioether (sulfide) groups is 1. The summed E-state index contributed by atoms with van der Waals surface area (Å²) in [6, 6.07) is 0.512. The molecule has 0 bridgehead atoms. The van der Waals surface area contributed by atoms with E-state index in [2.05, 4.69) is 26.3 Å². The molecule has 0 aliphatic rings. The van der Waals surface area contributed by atoms with Crippen molar-refractivity contribution < 1.29 is 34.2 Å². The van der Waals surface area contributed by atoms with Crippen molar-refractivity contribution in [3.8, 4) is 5.75 Å². The molecule has 0 radical (unpaired) electrons. The third-order valence-corrected chi connectivity index (χ3v) is 8.01. The van der Waals surface area contributed by atoms with Crippen molar-refractivity contribution in [1.29, 1.82) is 0 Å². The number of aliphatic imine (C=N–C) groups is 1. The first-order valence-electron chi connectivity index (χ1n) is 15.9. The van der Waals surface area contributed by atoms with Crippen molar-refractivity contribution in [2.45, 2.75) is 89.0 Å². The van der Waals surface area contributed by atoms with E-state index >= 15 is 0 Å². The lowest BCUT2D eigenvalue weighted by atomic mass is 10.0. The Morgan fingerprint density at radius 3 is 1.94 bits per heavy atom. The van der Waals surface area contributed by atoms with Gasteiger partial charge in [-0.1, -0.05) is 26.0 Å². The maximum atomic E-state index is 13.6. The lowest BCUT2D eigenvalue weighted by Gasteiger charge is -2.28. The maximum absolute atomic E-state index is 13.6. The summed E-state index contributed by atoms with van der Waals surface area (Å²) in [5.41, 5.74) is 22.8. The van der Waals surface area contributed by atoms with Gasteiger partial charge in [-0.25, -0.2) is 4.79 Å². The monoisotopic (exact) mass is 695 g/mol. The molecule has 270 valence electrons. The van der Waals surface area contributed by atoms with Gasteiger partial charge in [-0.3, -0.25) is 24.2 Å². The molecule has 0 unspecified atom stereocenters. The minimum atomic E-state index is -1.31. The van der Waals surface area contributed by atoms with E-state index in [1.807, 2.05) is 6.26 Å². The molecule has 4 amide bonds. The van der Waals surface area contributed by atoms with Crippen LogP contribution in [0.25, 0.3) is 0 Å². The van der Waals surface area contributed by atoms with Crippen LogP contribution >= 0.6 is 11.8 Å². The molecule has 0 saturated heterocycles. The summed E-state index contributed by atoms with van der Waals surface area (Å²) in [6.45, 7) is 4.13. The molecule has 1 rings (SSSR count). The third-order valence-electron chi connectivity index (χ3n) is 7.37. The highest BCUT2D eigenvalue weighted by Gasteiger charge is 2.32. The number of hydrogen-bond acceptors (Lipinski definition) is 10. The molecule has 0 aromatic heterocycles. The Morgan fingerprint density at radius 2 is 1.40 bits per heavy atom. The second-order valence-electron chi connectivity index (χ2n) is 11.7. The number of amides is 4. The van der Waals surface area contributed by atoms with Crippen LogP contribution in [0.4, 0.5) is 0 Å². The van der Waals surface area contributed by atoms with Crippen LogP contribution in [-0.4, -0.2) is 101 Å². The maximum Gasteiger partial charge on any atom is 0.326 e. The van der Waals surface area contributed by atoms with Gasteiger partial charge < -0.3 is 54.4 Å². The molecule has 0 saturated carbocycles. The summed E-state index contributed by atoms with van der Waals surface area (Å²) in [4.78, 5) is 69.1. The third kappa shape index (κ3) is 16.1. The molecule has 16 nitrogen and oxygen atoms in total. The van der Waals surface area contributed by atoms with E-state index in [0.29, 0.717) is 43.7 Å². The van der Waals surface area contributed by atoms with Crippen molar-refractivity contribution in [1.82, 2.24) is 21.3 Å². The quantitative estimate of drug-likeness (QED) is 0.0370. The first-order valence-corrected chi connectivity index (χ1v) is 17.3. The Bertz CT molecular complexity index is 1210. The van der Waals surface area contributed by atoms with E-state index in [9.17, 15) is 34.2 Å². The minimum absolute atomic E-state index is 0.0159. The smallest absolute Gasteiger partial charge is 0.326 e. The summed E-state index contributed by atoms with van der Waals surface area (Å²) >= 11 is 1.45. The second-order valence-corrected chi connectivity index (χ2v) is 12.7. The number of carboxylic acids is 1. The Kier molecular flexibility index (Phi) is 19.6. The molecule has 0 fully saturated rings. The molecule has 1 aromatic rings. The van der Waals surface area contributed by atoms with E-state index < -0.39 is 59.8 Å². The molecule has 5 atom stereocenters. The normalized spacial score (nSPS) is 14.1. The van der Waals surface area contributed by atoms with Crippen molar-refractivity contribution in [3.63, 3.8) is 0 Å². The molecule has 48 heavy (non-hydrogen) atoms. The van der Waals surface area contributed by atoms with Crippen LogP contribution in [0.2, 0.25) is 0 Å². The standard InChI is InChI=1S/C31H53N9O7S/c1-18(2)25(40-26(42)21(33)7-6-15-36-31(34)35)29(45)38-23(13-16-48-3)28(44)37-22(8-4-5-14-32)27(43)39-24(30(46)47)17-19-9-11-20(41)12-10-19/h9-12,18,21-25,41H,4-8,13-17,32-33H2,1-3H3,(H,37,44)(H,38,45)(H,39,43)(H,40,42)(H,46,47)(H4,34,35,36)/t21-,22-,23-,24-,25-/m0/s1. The average Bonchev–Trinajstić information content (AvgIpc) is 3.03. The van der Waals surface area contributed by atoms with Gasteiger partial charge in [0.1, 0.15) is 29.9 Å².